The molecule has 0 aromatic heterocycles. The third-order valence-corrected chi connectivity index (χ3v) is 4.52. The van der Waals surface area contributed by atoms with Gasteiger partial charge < -0.3 is 14.6 Å². The second kappa shape index (κ2) is 8.91. The smallest absolute Gasteiger partial charge is 0.337 e. The molecule has 2 aromatic carbocycles. The molecule has 0 spiro atoms. The summed E-state index contributed by atoms with van der Waals surface area (Å²) in [5.41, 5.74) is 1.63. The van der Waals surface area contributed by atoms with E-state index < -0.39 is 5.97 Å². The summed E-state index contributed by atoms with van der Waals surface area (Å²) in [6.07, 6.45) is 1.53. The number of Topliss-reactive ketones (excluding diaryl/α,β-unsaturated/α-hetero) is 1. The molecular formula is C22H17N3O5. The number of nitriles is 2. The number of fused-ring (bicyclic) bond motifs is 1. The van der Waals surface area contributed by atoms with E-state index in [-0.39, 0.29) is 48.2 Å². The number of hydrogen-bond donors (Lipinski definition) is 1. The number of phenolic OH excluding ortho intramolecular Hbond substituents is 1. The zero-order chi connectivity index (χ0) is 21.7. The van der Waals surface area contributed by atoms with Crippen molar-refractivity contribution < 1.29 is 24.2 Å². The number of carbonyl (C=O) groups is 2. The first kappa shape index (κ1) is 20.6. The van der Waals surface area contributed by atoms with Gasteiger partial charge in [-0.1, -0.05) is 12.1 Å². The van der Waals surface area contributed by atoms with Crippen molar-refractivity contribution in [1.29, 1.82) is 10.5 Å². The van der Waals surface area contributed by atoms with Crippen LogP contribution in [0.2, 0.25) is 0 Å². The predicted molar refractivity (Wildman–Crippen MR) is 105 cm³/mol. The Kier molecular flexibility index (Phi) is 6.11. The Morgan fingerprint density at radius 2 is 1.83 bits per heavy atom. The normalized spacial score (nSPS) is 13.5. The number of nitrogens with zero attached hydrogens (tertiary/aromatic N) is 3. The van der Waals surface area contributed by atoms with Crippen molar-refractivity contribution in [1.82, 2.24) is 4.90 Å². The molecule has 0 atom stereocenters. The lowest BCUT2D eigenvalue weighted by atomic mass is 10.0. The van der Waals surface area contributed by atoms with E-state index in [1.807, 2.05) is 12.1 Å². The fourth-order valence-corrected chi connectivity index (χ4v) is 3.03. The average Bonchev–Trinajstić information content (AvgIpc) is 3.06. The first-order valence-corrected chi connectivity index (χ1v) is 8.92. The number of phenols is 1. The summed E-state index contributed by atoms with van der Waals surface area (Å²) < 4.78 is 10.4. The van der Waals surface area contributed by atoms with Gasteiger partial charge in [0.1, 0.15) is 11.5 Å². The highest BCUT2D eigenvalue weighted by molar-refractivity contribution is 6.15. The second-order valence-electron chi connectivity index (χ2n) is 6.45. The van der Waals surface area contributed by atoms with E-state index in [9.17, 15) is 14.7 Å². The van der Waals surface area contributed by atoms with E-state index in [4.69, 9.17) is 15.3 Å². The van der Waals surface area contributed by atoms with Crippen LogP contribution in [0.1, 0.15) is 31.8 Å². The molecule has 0 radical (unpaired) electrons. The topological polar surface area (TPSA) is 124 Å². The first-order valence-electron chi connectivity index (χ1n) is 8.92. The first-order chi connectivity index (χ1) is 14.5. The van der Waals surface area contributed by atoms with Gasteiger partial charge in [-0.15, -0.1) is 0 Å². The van der Waals surface area contributed by atoms with Crippen LogP contribution in [0.15, 0.2) is 42.2 Å². The molecule has 1 heterocycles. The van der Waals surface area contributed by atoms with Crippen LogP contribution in [0, 0.1) is 22.7 Å². The summed E-state index contributed by atoms with van der Waals surface area (Å²) in [5, 5.41) is 28.2. The molecule has 1 N–H and O–H groups in total. The van der Waals surface area contributed by atoms with Crippen LogP contribution < -0.4 is 4.74 Å². The summed E-state index contributed by atoms with van der Waals surface area (Å²) in [4.78, 5) is 25.8. The molecule has 0 amide bonds. The van der Waals surface area contributed by atoms with Crippen LogP contribution >= 0.6 is 0 Å². The van der Waals surface area contributed by atoms with E-state index >= 15 is 0 Å². The SMILES string of the molecule is COC(=O)c1ccc(C=C2Oc3c(ccc(O)c3CN(CC#N)CC#N)C2=O)cc1. The van der Waals surface area contributed by atoms with Crippen molar-refractivity contribution in [3.8, 4) is 23.6 Å². The van der Waals surface area contributed by atoms with Crippen LogP contribution in [0.4, 0.5) is 0 Å². The van der Waals surface area contributed by atoms with E-state index in [0.29, 0.717) is 16.7 Å². The maximum atomic E-state index is 12.8. The van der Waals surface area contributed by atoms with Crippen LogP contribution in [0.3, 0.4) is 0 Å². The van der Waals surface area contributed by atoms with Crippen molar-refractivity contribution in [3.05, 3.63) is 64.4 Å². The van der Waals surface area contributed by atoms with Gasteiger partial charge >= 0.3 is 5.97 Å². The van der Waals surface area contributed by atoms with Crippen LogP contribution in [-0.2, 0) is 11.3 Å². The Morgan fingerprint density at radius 3 is 2.43 bits per heavy atom. The Hall–Kier alpha value is -4.14. The highest BCUT2D eigenvalue weighted by Gasteiger charge is 2.31. The second-order valence-corrected chi connectivity index (χ2v) is 6.45. The molecule has 2 aromatic rings. The van der Waals surface area contributed by atoms with Crippen LogP contribution in [0.25, 0.3) is 6.08 Å². The predicted octanol–water partition coefficient (Wildman–Crippen LogP) is 2.64. The molecule has 8 nitrogen and oxygen atoms in total. The third-order valence-electron chi connectivity index (χ3n) is 4.52. The van der Waals surface area contributed by atoms with E-state index in [0.717, 1.165) is 0 Å². The summed E-state index contributed by atoms with van der Waals surface area (Å²) >= 11 is 0. The fraction of sp³-hybridized carbons (Fsp3) is 0.182. The van der Waals surface area contributed by atoms with Crippen molar-refractivity contribution in [3.63, 3.8) is 0 Å². The highest BCUT2D eigenvalue weighted by Crippen LogP contribution is 2.40. The highest BCUT2D eigenvalue weighted by atomic mass is 16.5. The molecular weight excluding hydrogens is 386 g/mol. The fourth-order valence-electron chi connectivity index (χ4n) is 3.03. The average molecular weight is 403 g/mol. The van der Waals surface area contributed by atoms with Gasteiger partial charge in [-0.25, -0.2) is 4.79 Å². The van der Waals surface area contributed by atoms with Gasteiger partial charge in [0.25, 0.3) is 0 Å². The van der Waals surface area contributed by atoms with Crippen molar-refractivity contribution in [2.45, 2.75) is 6.54 Å². The van der Waals surface area contributed by atoms with Gasteiger partial charge in [-0.3, -0.25) is 9.69 Å². The molecule has 150 valence electrons. The number of benzene rings is 2. The minimum absolute atomic E-state index is 0.0140. The Balaban J connectivity index is 1.91. The van der Waals surface area contributed by atoms with Gasteiger partial charge in [0.15, 0.2) is 5.76 Å². The van der Waals surface area contributed by atoms with Gasteiger partial charge in [-0.2, -0.15) is 10.5 Å². The lowest BCUT2D eigenvalue weighted by Crippen LogP contribution is -2.24. The van der Waals surface area contributed by atoms with Crippen molar-refractivity contribution in [2.75, 3.05) is 20.2 Å². The minimum Gasteiger partial charge on any atom is -0.507 e. The Labute approximate surface area is 172 Å². The third kappa shape index (κ3) is 4.14. The molecule has 0 saturated heterocycles. The Bertz CT molecular complexity index is 1090. The number of methoxy groups -OCH3 is 1. The van der Waals surface area contributed by atoms with E-state index in [2.05, 4.69) is 4.74 Å². The number of aromatic hydroxyl groups is 1. The molecule has 0 unspecified atom stereocenters. The lowest BCUT2D eigenvalue weighted by molar-refractivity contribution is 0.0600. The van der Waals surface area contributed by atoms with E-state index in [1.54, 1.807) is 24.3 Å². The molecule has 0 bridgehead atoms. The molecule has 0 fully saturated rings. The largest absolute Gasteiger partial charge is 0.507 e. The summed E-state index contributed by atoms with van der Waals surface area (Å²) in [5.74, 6) is -0.635. The summed E-state index contributed by atoms with van der Waals surface area (Å²) in [6.45, 7) is 0.0459. The molecule has 8 heteroatoms. The molecule has 0 saturated carbocycles. The van der Waals surface area contributed by atoms with Gasteiger partial charge in [0.2, 0.25) is 5.78 Å². The number of ether oxygens (including phenoxy) is 2. The molecule has 1 aliphatic heterocycles. The number of carbonyl (C=O) groups excluding carboxylic acids is 2. The number of allylic oxidation sites excluding steroid dienone is 1. The monoisotopic (exact) mass is 403 g/mol. The minimum atomic E-state index is -0.464. The van der Waals surface area contributed by atoms with Crippen LogP contribution in [-0.4, -0.2) is 42.0 Å². The molecule has 3 rings (SSSR count). The van der Waals surface area contributed by atoms with Crippen LogP contribution in [0.5, 0.6) is 11.5 Å². The quantitative estimate of drug-likeness (QED) is 0.443. The maximum absolute atomic E-state index is 12.8. The zero-order valence-electron chi connectivity index (χ0n) is 16.1. The van der Waals surface area contributed by atoms with Gasteiger partial charge in [0, 0.05) is 6.54 Å². The summed E-state index contributed by atoms with van der Waals surface area (Å²) in [6, 6.07) is 13.2. The standard InChI is InChI=1S/C22H17N3O5/c1-29-22(28)15-4-2-14(3-5-15)12-19-20(27)16-6-7-18(26)17(21(16)30-19)13-25(10-8-23)11-9-24/h2-7,12,26H,10-11,13H2,1H3. The summed E-state index contributed by atoms with van der Waals surface area (Å²) in [7, 11) is 1.29. The van der Waals surface area contributed by atoms with E-state index in [1.165, 1.54) is 30.2 Å². The zero-order valence-corrected chi connectivity index (χ0v) is 16.1. The molecule has 1 aliphatic rings. The Morgan fingerprint density at radius 1 is 1.17 bits per heavy atom. The number of ketones is 1. The number of rotatable bonds is 6. The van der Waals surface area contributed by atoms with Gasteiger partial charge in [0.05, 0.1) is 49.0 Å². The van der Waals surface area contributed by atoms with Crippen molar-refractivity contribution in [2.24, 2.45) is 0 Å². The van der Waals surface area contributed by atoms with Crippen molar-refractivity contribution >= 4 is 17.8 Å². The number of hydrogen-bond acceptors (Lipinski definition) is 8. The van der Waals surface area contributed by atoms with Gasteiger partial charge in [-0.05, 0) is 35.9 Å². The lowest BCUT2D eigenvalue weighted by Gasteiger charge is -2.17. The number of esters is 1. The maximum Gasteiger partial charge on any atom is 0.337 e. The molecule has 30 heavy (non-hydrogen) atoms. The molecule has 0 aliphatic carbocycles.